The van der Waals surface area contributed by atoms with Crippen LogP contribution < -0.4 is 5.73 Å². The van der Waals surface area contributed by atoms with Gasteiger partial charge in [0.25, 0.3) is 0 Å². The molecule has 2 N–H and O–H groups in total. The van der Waals surface area contributed by atoms with E-state index in [0.717, 1.165) is 22.4 Å². The number of nitrogens with two attached hydrogens (primary N) is 1. The molecule has 0 amide bonds. The zero-order chi connectivity index (χ0) is 12.8. The van der Waals surface area contributed by atoms with Crippen molar-refractivity contribution in [1.82, 2.24) is 4.98 Å². The first-order valence-corrected chi connectivity index (χ1v) is 5.47. The summed E-state index contributed by atoms with van der Waals surface area (Å²) in [7, 11) is 0. The molecule has 0 radical (unpaired) electrons. The molecule has 0 aliphatic heterocycles. The molecule has 0 saturated heterocycles. The predicted octanol–water partition coefficient (Wildman–Crippen LogP) is 3.67. The van der Waals surface area contributed by atoms with Crippen LogP contribution in [-0.4, -0.2) is 4.98 Å². The number of nitrogens with zero attached hydrogens (tertiary/aromatic N) is 1. The number of rotatable bonds is 4. The SMILES string of the molecule is C=CC(=C)C(/C=C\C)=C\c1nc(N)ccc1C. The minimum atomic E-state index is 0.519. The standard InChI is InChI=1S/C15H18N2/c1-5-7-13(11(3)6-2)10-14-12(4)8-9-15(16)17-14/h5-10H,2-3H2,1,4H3,(H2,16,17)/b7-5-,13-10-. The molecule has 1 aromatic rings. The van der Waals surface area contributed by atoms with Crippen LogP contribution in [0.25, 0.3) is 6.08 Å². The van der Waals surface area contributed by atoms with E-state index in [9.17, 15) is 0 Å². The van der Waals surface area contributed by atoms with Gasteiger partial charge in [0, 0.05) is 0 Å². The number of hydrogen-bond donors (Lipinski definition) is 1. The van der Waals surface area contributed by atoms with Gasteiger partial charge in [-0.05, 0) is 42.7 Å². The number of pyridine rings is 1. The van der Waals surface area contributed by atoms with Crippen molar-refractivity contribution in [2.75, 3.05) is 5.73 Å². The molecule has 0 spiro atoms. The van der Waals surface area contributed by atoms with E-state index in [1.165, 1.54) is 0 Å². The van der Waals surface area contributed by atoms with Crippen LogP contribution in [0.4, 0.5) is 5.82 Å². The van der Waals surface area contributed by atoms with Crippen molar-refractivity contribution in [3.05, 3.63) is 65.9 Å². The Kier molecular flexibility index (Phi) is 4.46. The maximum absolute atomic E-state index is 5.68. The highest BCUT2D eigenvalue weighted by molar-refractivity contribution is 5.64. The van der Waals surface area contributed by atoms with Gasteiger partial charge in [0.2, 0.25) is 0 Å². The molecule has 2 nitrogen and oxygen atoms in total. The van der Waals surface area contributed by atoms with E-state index in [-0.39, 0.29) is 0 Å². The minimum absolute atomic E-state index is 0.519. The average molecular weight is 226 g/mol. The van der Waals surface area contributed by atoms with Crippen LogP contribution in [0.15, 0.2) is 54.7 Å². The number of aromatic nitrogens is 1. The van der Waals surface area contributed by atoms with Gasteiger partial charge in [-0.15, -0.1) is 0 Å². The molecule has 17 heavy (non-hydrogen) atoms. The molecule has 0 unspecified atom stereocenters. The number of nitrogen functional groups attached to an aromatic ring is 1. The molecule has 0 fully saturated rings. The first-order valence-electron chi connectivity index (χ1n) is 5.47. The highest BCUT2D eigenvalue weighted by Gasteiger charge is 2.01. The quantitative estimate of drug-likeness (QED) is 0.795. The second-order valence-electron chi connectivity index (χ2n) is 3.77. The Bertz CT molecular complexity index is 494. The van der Waals surface area contributed by atoms with Crippen LogP contribution in [0.5, 0.6) is 0 Å². The van der Waals surface area contributed by atoms with E-state index < -0.39 is 0 Å². The van der Waals surface area contributed by atoms with Crippen molar-refractivity contribution in [1.29, 1.82) is 0 Å². The van der Waals surface area contributed by atoms with Crippen LogP contribution in [0, 0.1) is 6.92 Å². The van der Waals surface area contributed by atoms with Crippen molar-refractivity contribution < 1.29 is 0 Å². The van der Waals surface area contributed by atoms with Gasteiger partial charge >= 0.3 is 0 Å². The average Bonchev–Trinajstić information content (AvgIpc) is 2.32. The van der Waals surface area contributed by atoms with E-state index in [1.807, 2.05) is 38.1 Å². The molecule has 0 aliphatic rings. The van der Waals surface area contributed by atoms with Crippen LogP contribution in [0.3, 0.4) is 0 Å². The summed E-state index contributed by atoms with van der Waals surface area (Å²) in [5.41, 5.74) is 9.49. The van der Waals surface area contributed by atoms with E-state index in [0.29, 0.717) is 5.82 Å². The lowest BCUT2D eigenvalue weighted by molar-refractivity contribution is 1.24. The van der Waals surface area contributed by atoms with Crippen LogP contribution in [0.1, 0.15) is 18.2 Å². The van der Waals surface area contributed by atoms with E-state index in [1.54, 1.807) is 12.1 Å². The Balaban J connectivity index is 3.25. The molecule has 0 aliphatic carbocycles. The molecule has 1 heterocycles. The summed E-state index contributed by atoms with van der Waals surface area (Å²) < 4.78 is 0. The van der Waals surface area contributed by atoms with Gasteiger partial charge in [0.05, 0.1) is 5.69 Å². The normalized spacial score (nSPS) is 11.8. The van der Waals surface area contributed by atoms with Crippen molar-refractivity contribution >= 4 is 11.9 Å². The Labute approximate surface area is 103 Å². The molecule has 1 aromatic heterocycles. The van der Waals surface area contributed by atoms with Gasteiger partial charge in [0.15, 0.2) is 0 Å². The third-order valence-corrected chi connectivity index (χ3v) is 2.41. The lowest BCUT2D eigenvalue weighted by Crippen LogP contribution is -1.95. The molecular weight excluding hydrogens is 208 g/mol. The summed E-state index contributed by atoms with van der Waals surface area (Å²) in [6.45, 7) is 11.6. The van der Waals surface area contributed by atoms with Crippen molar-refractivity contribution in [2.45, 2.75) is 13.8 Å². The first kappa shape index (κ1) is 13.0. The fourth-order valence-corrected chi connectivity index (χ4v) is 1.40. The largest absolute Gasteiger partial charge is 0.384 e. The third-order valence-electron chi connectivity index (χ3n) is 2.41. The van der Waals surface area contributed by atoms with Crippen LogP contribution in [-0.2, 0) is 0 Å². The lowest BCUT2D eigenvalue weighted by Gasteiger charge is -2.05. The second kappa shape index (κ2) is 5.85. The van der Waals surface area contributed by atoms with E-state index >= 15 is 0 Å². The van der Waals surface area contributed by atoms with Gasteiger partial charge in [-0.3, -0.25) is 0 Å². The minimum Gasteiger partial charge on any atom is -0.384 e. The fraction of sp³-hybridized carbons (Fsp3) is 0.133. The van der Waals surface area contributed by atoms with Crippen molar-refractivity contribution in [2.24, 2.45) is 0 Å². The summed E-state index contributed by atoms with van der Waals surface area (Å²) in [5, 5.41) is 0. The predicted molar refractivity (Wildman–Crippen MR) is 75.5 cm³/mol. The van der Waals surface area contributed by atoms with Gasteiger partial charge in [0.1, 0.15) is 5.82 Å². The van der Waals surface area contributed by atoms with Crippen molar-refractivity contribution in [3.8, 4) is 0 Å². The summed E-state index contributed by atoms with van der Waals surface area (Å²) in [4.78, 5) is 4.30. The second-order valence-corrected chi connectivity index (χ2v) is 3.77. The zero-order valence-electron chi connectivity index (χ0n) is 10.4. The molecule has 88 valence electrons. The molecule has 0 atom stereocenters. The lowest BCUT2D eigenvalue weighted by atomic mass is 10.0. The van der Waals surface area contributed by atoms with Gasteiger partial charge < -0.3 is 5.73 Å². The summed E-state index contributed by atoms with van der Waals surface area (Å²) >= 11 is 0. The highest BCUT2D eigenvalue weighted by Crippen LogP contribution is 2.17. The van der Waals surface area contributed by atoms with Gasteiger partial charge in [-0.1, -0.05) is 37.5 Å². The van der Waals surface area contributed by atoms with Crippen LogP contribution >= 0.6 is 0 Å². The zero-order valence-corrected chi connectivity index (χ0v) is 10.4. The Morgan fingerprint density at radius 2 is 2.12 bits per heavy atom. The smallest absolute Gasteiger partial charge is 0.124 e. The topological polar surface area (TPSA) is 38.9 Å². The molecule has 0 aromatic carbocycles. The fourth-order valence-electron chi connectivity index (χ4n) is 1.40. The van der Waals surface area contributed by atoms with E-state index in [4.69, 9.17) is 5.73 Å². The van der Waals surface area contributed by atoms with Crippen LogP contribution in [0.2, 0.25) is 0 Å². The van der Waals surface area contributed by atoms with Crippen molar-refractivity contribution in [3.63, 3.8) is 0 Å². The number of allylic oxidation sites excluding steroid dienone is 5. The molecule has 1 rings (SSSR count). The molecular formula is C15H18N2. The highest BCUT2D eigenvalue weighted by atomic mass is 14.8. The third kappa shape index (κ3) is 3.45. The number of aryl methyl sites for hydroxylation is 1. The number of hydrogen-bond acceptors (Lipinski definition) is 2. The Morgan fingerprint density at radius 3 is 2.71 bits per heavy atom. The Hall–Kier alpha value is -2.09. The molecule has 2 heteroatoms. The van der Waals surface area contributed by atoms with Gasteiger partial charge in [-0.25, -0.2) is 4.98 Å². The van der Waals surface area contributed by atoms with E-state index in [2.05, 4.69) is 18.1 Å². The molecule has 0 bridgehead atoms. The summed E-state index contributed by atoms with van der Waals surface area (Å²) in [6.07, 6.45) is 7.64. The summed E-state index contributed by atoms with van der Waals surface area (Å²) in [6, 6.07) is 3.75. The maximum Gasteiger partial charge on any atom is 0.124 e. The monoisotopic (exact) mass is 226 g/mol. The Morgan fingerprint density at radius 1 is 1.41 bits per heavy atom. The number of anilines is 1. The molecule has 0 saturated carbocycles. The first-order chi connectivity index (χ1) is 8.08. The van der Waals surface area contributed by atoms with Gasteiger partial charge in [-0.2, -0.15) is 0 Å². The maximum atomic E-state index is 5.68. The summed E-state index contributed by atoms with van der Waals surface area (Å²) in [5.74, 6) is 0.519.